The van der Waals surface area contributed by atoms with Crippen molar-refractivity contribution in [2.75, 3.05) is 31.6 Å². The van der Waals surface area contributed by atoms with E-state index in [1.54, 1.807) is 55.1 Å². The van der Waals surface area contributed by atoms with E-state index in [0.717, 1.165) is 31.2 Å². The Morgan fingerprint density at radius 1 is 1.16 bits per heavy atom. The number of nitro benzene ring substituents is 1. The fourth-order valence-electron chi connectivity index (χ4n) is 4.67. The van der Waals surface area contributed by atoms with E-state index in [1.165, 1.54) is 12.5 Å². The number of aryl methyl sites for hydroxylation is 1. The van der Waals surface area contributed by atoms with E-state index in [9.17, 15) is 24.8 Å². The summed E-state index contributed by atoms with van der Waals surface area (Å²) >= 11 is 0. The van der Waals surface area contributed by atoms with Gasteiger partial charge < -0.3 is 24.8 Å². The number of hydrogen-bond donors (Lipinski definition) is 2. The lowest BCUT2D eigenvalue weighted by atomic mass is 9.89. The van der Waals surface area contributed by atoms with Gasteiger partial charge in [0.25, 0.3) is 5.69 Å². The summed E-state index contributed by atoms with van der Waals surface area (Å²) in [5, 5.41) is 23.4. The number of carbonyl (C=O) groups excluding carboxylic acids is 1. The minimum absolute atomic E-state index is 0.0376. The molecule has 0 aromatic heterocycles. The topological polar surface area (TPSA) is 131 Å². The Balaban J connectivity index is 1.61. The summed E-state index contributed by atoms with van der Waals surface area (Å²) in [4.78, 5) is 37.1. The van der Waals surface area contributed by atoms with Crippen LogP contribution in [0.2, 0.25) is 0 Å². The van der Waals surface area contributed by atoms with Gasteiger partial charge in [0.2, 0.25) is 0 Å². The number of benzene rings is 2. The number of nitrogens with zero attached hydrogens (tertiary/aromatic N) is 2. The molecular formula is C28H37N3O7. The fourth-order valence-corrected chi connectivity index (χ4v) is 4.67. The van der Waals surface area contributed by atoms with E-state index < -0.39 is 17.0 Å². The molecule has 0 bridgehead atoms. The second kappa shape index (κ2) is 14.3. The van der Waals surface area contributed by atoms with Crippen LogP contribution in [0.5, 0.6) is 5.75 Å². The Hall–Kier alpha value is -3.66. The molecule has 1 fully saturated rings. The largest absolute Gasteiger partial charge is 0.492 e. The summed E-state index contributed by atoms with van der Waals surface area (Å²) in [5.74, 6) is 0.0293. The summed E-state index contributed by atoms with van der Waals surface area (Å²) in [6, 6.07) is 11.5. The van der Waals surface area contributed by atoms with E-state index in [1.807, 2.05) is 0 Å². The minimum Gasteiger partial charge on any atom is -0.492 e. The Morgan fingerprint density at radius 3 is 2.50 bits per heavy atom. The highest BCUT2D eigenvalue weighted by Crippen LogP contribution is 2.26. The number of carboxylic acids is 1. The number of amides is 2. The first-order valence-corrected chi connectivity index (χ1v) is 13.1. The number of urea groups is 1. The molecule has 2 N–H and O–H groups in total. The Bertz CT molecular complexity index is 1080. The maximum absolute atomic E-state index is 13.2. The van der Waals surface area contributed by atoms with Gasteiger partial charge in [-0.3, -0.25) is 10.1 Å². The minimum atomic E-state index is -0.997. The molecule has 1 aliphatic rings. The van der Waals surface area contributed by atoms with Gasteiger partial charge >= 0.3 is 12.0 Å². The van der Waals surface area contributed by atoms with Crippen LogP contribution in [0.4, 0.5) is 16.2 Å². The standard InChI is InChI=1S/C28H37N3O7/c1-3-37-26(27(32)33)17-21-10-13-24(14-11-21)38-16-15-30(19-22-7-5-4-6-8-22)28(34)29-23-12-9-20(2)25(18-23)31(35)36/h9-14,18,22,26H,3-8,15-17,19H2,1-2H3,(H,29,34)(H,32,33). The van der Waals surface area contributed by atoms with Crippen LogP contribution in [0.1, 0.15) is 50.2 Å². The molecule has 38 heavy (non-hydrogen) atoms. The summed E-state index contributed by atoms with van der Waals surface area (Å²) in [6.45, 7) is 4.95. The van der Waals surface area contributed by atoms with E-state index in [0.29, 0.717) is 42.6 Å². The fraction of sp³-hybridized carbons (Fsp3) is 0.500. The van der Waals surface area contributed by atoms with Gasteiger partial charge in [0.05, 0.1) is 11.5 Å². The maximum Gasteiger partial charge on any atom is 0.333 e. The molecule has 0 aliphatic heterocycles. The van der Waals surface area contributed by atoms with Crippen LogP contribution in [0.3, 0.4) is 0 Å². The highest BCUT2D eigenvalue weighted by Gasteiger charge is 2.22. The molecule has 1 unspecified atom stereocenters. The molecule has 0 radical (unpaired) electrons. The Morgan fingerprint density at radius 2 is 1.87 bits per heavy atom. The number of carboxylic acid groups (broad SMARTS) is 1. The van der Waals surface area contributed by atoms with E-state index >= 15 is 0 Å². The molecule has 1 aliphatic carbocycles. The molecule has 2 aromatic rings. The molecule has 0 spiro atoms. The van der Waals surface area contributed by atoms with Gasteiger partial charge in [-0.1, -0.05) is 37.5 Å². The predicted molar refractivity (Wildman–Crippen MR) is 144 cm³/mol. The van der Waals surface area contributed by atoms with E-state index in [4.69, 9.17) is 9.47 Å². The van der Waals surface area contributed by atoms with Gasteiger partial charge in [-0.25, -0.2) is 9.59 Å². The van der Waals surface area contributed by atoms with Crippen LogP contribution in [-0.2, 0) is 16.0 Å². The molecule has 10 nitrogen and oxygen atoms in total. The summed E-state index contributed by atoms with van der Waals surface area (Å²) in [6.07, 6.45) is 5.03. The van der Waals surface area contributed by atoms with Crippen molar-refractivity contribution in [3.63, 3.8) is 0 Å². The van der Waals surface area contributed by atoms with Crippen LogP contribution >= 0.6 is 0 Å². The number of nitrogens with one attached hydrogen (secondary N) is 1. The third-order valence-electron chi connectivity index (χ3n) is 6.77. The molecule has 2 amide bonds. The van der Waals surface area contributed by atoms with Crippen LogP contribution in [0, 0.1) is 23.0 Å². The molecular weight excluding hydrogens is 490 g/mol. The Labute approximate surface area is 223 Å². The zero-order valence-electron chi connectivity index (χ0n) is 22.1. The summed E-state index contributed by atoms with van der Waals surface area (Å²) in [5.41, 5.74) is 1.69. The average Bonchev–Trinajstić information content (AvgIpc) is 2.90. The molecule has 0 heterocycles. The van der Waals surface area contributed by atoms with Crippen LogP contribution in [0.15, 0.2) is 42.5 Å². The van der Waals surface area contributed by atoms with Gasteiger partial charge in [0, 0.05) is 36.9 Å². The van der Waals surface area contributed by atoms with Crippen molar-refractivity contribution in [1.82, 2.24) is 4.90 Å². The molecule has 206 valence electrons. The molecule has 2 aromatic carbocycles. The summed E-state index contributed by atoms with van der Waals surface area (Å²) in [7, 11) is 0. The highest BCUT2D eigenvalue weighted by atomic mass is 16.6. The van der Waals surface area contributed by atoms with E-state index in [-0.39, 0.29) is 24.7 Å². The predicted octanol–water partition coefficient (Wildman–Crippen LogP) is 5.43. The molecule has 10 heteroatoms. The van der Waals surface area contributed by atoms with Gasteiger partial charge in [0.15, 0.2) is 6.10 Å². The van der Waals surface area contributed by atoms with Crippen LogP contribution in [-0.4, -0.2) is 59.3 Å². The smallest absolute Gasteiger partial charge is 0.333 e. The van der Waals surface area contributed by atoms with Crippen molar-refractivity contribution in [3.05, 3.63) is 63.7 Å². The average molecular weight is 528 g/mol. The third kappa shape index (κ3) is 8.72. The molecule has 0 saturated heterocycles. The summed E-state index contributed by atoms with van der Waals surface area (Å²) < 4.78 is 11.2. The third-order valence-corrected chi connectivity index (χ3v) is 6.77. The van der Waals surface area contributed by atoms with Gasteiger partial charge in [0.1, 0.15) is 12.4 Å². The number of anilines is 1. The zero-order valence-corrected chi connectivity index (χ0v) is 22.1. The number of nitro groups is 1. The molecule has 1 atom stereocenters. The molecule has 3 rings (SSSR count). The van der Waals surface area contributed by atoms with Crippen molar-refractivity contribution in [2.24, 2.45) is 5.92 Å². The van der Waals surface area contributed by atoms with Gasteiger partial charge in [-0.05, 0) is 56.4 Å². The SMILES string of the molecule is CCOC(Cc1ccc(OCCN(CC2CCCCC2)C(=O)Nc2ccc(C)c([N+](=O)[O-])c2)cc1)C(=O)O. The number of hydrogen-bond acceptors (Lipinski definition) is 6. The Kier molecular flexibility index (Phi) is 10.9. The lowest BCUT2D eigenvalue weighted by Gasteiger charge is -2.30. The van der Waals surface area contributed by atoms with Gasteiger partial charge in [-0.2, -0.15) is 0 Å². The lowest BCUT2D eigenvalue weighted by molar-refractivity contribution is -0.385. The first kappa shape index (κ1) is 28.9. The number of carbonyl (C=O) groups is 2. The monoisotopic (exact) mass is 527 g/mol. The highest BCUT2D eigenvalue weighted by molar-refractivity contribution is 5.89. The van der Waals surface area contributed by atoms with Crippen molar-refractivity contribution >= 4 is 23.4 Å². The van der Waals surface area contributed by atoms with Crippen LogP contribution in [0.25, 0.3) is 0 Å². The number of ether oxygens (including phenoxy) is 2. The maximum atomic E-state index is 13.2. The first-order valence-electron chi connectivity index (χ1n) is 13.1. The first-order chi connectivity index (χ1) is 18.3. The second-order valence-electron chi connectivity index (χ2n) is 9.62. The van der Waals surface area contributed by atoms with Crippen molar-refractivity contribution in [3.8, 4) is 5.75 Å². The number of aliphatic carboxylic acids is 1. The van der Waals surface area contributed by atoms with Crippen molar-refractivity contribution in [2.45, 2.75) is 58.5 Å². The second-order valence-corrected chi connectivity index (χ2v) is 9.62. The quantitative estimate of drug-likeness (QED) is 0.262. The normalized spacial score (nSPS) is 14.5. The van der Waals surface area contributed by atoms with Crippen LogP contribution < -0.4 is 10.1 Å². The van der Waals surface area contributed by atoms with E-state index in [2.05, 4.69) is 5.32 Å². The molecule has 1 saturated carbocycles. The number of rotatable bonds is 13. The van der Waals surface area contributed by atoms with Gasteiger partial charge in [-0.15, -0.1) is 0 Å². The van der Waals surface area contributed by atoms with Crippen molar-refractivity contribution in [1.29, 1.82) is 0 Å². The van der Waals surface area contributed by atoms with Crippen molar-refractivity contribution < 1.29 is 29.1 Å². The zero-order chi connectivity index (χ0) is 27.5. The lowest BCUT2D eigenvalue weighted by Crippen LogP contribution is -2.41.